The Balaban J connectivity index is 1.37. The van der Waals surface area contributed by atoms with Crippen LogP contribution in [0.25, 0.3) is 11.0 Å². The van der Waals surface area contributed by atoms with Crippen molar-refractivity contribution < 1.29 is 22.0 Å². The van der Waals surface area contributed by atoms with Crippen molar-refractivity contribution in [3.05, 3.63) is 54.1 Å². The number of aryl methyl sites for hydroxylation is 1. The molecule has 0 N–H and O–H groups in total. The van der Waals surface area contributed by atoms with Gasteiger partial charge in [-0.1, -0.05) is 23.9 Å². The van der Waals surface area contributed by atoms with Gasteiger partial charge in [0.1, 0.15) is 0 Å². The van der Waals surface area contributed by atoms with Crippen molar-refractivity contribution in [3.8, 4) is 0 Å². The first kappa shape index (κ1) is 22.7. The highest BCUT2D eigenvalue weighted by Crippen LogP contribution is 2.25. The van der Waals surface area contributed by atoms with E-state index in [2.05, 4.69) is 9.55 Å². The van der Waals surface area contributed by atoms with Crippen molar-refractivity contribution in [1.82, 2.24) is 18.8 Å². The zero-order valence-electron chi connectivity index (χ0n) is 17.4. The molecule has 1 amide bonds. The fourth-order valence-electron chi connectivity index (χ4n) is 3.65. The number of hydrogen-bond donors (Lipinski definition) is 0. The SMILES string of the molecule is CCn1c(SCC(=O)N2CCN(S(=O)(=O)c3ccc(F)c(F)c3)CC2)nc2ccccc21. The van der Waals surface area contributed by atoms with Crippen molar-refractivity contribution in [1.29, 1.82) is 0 Å². The smallest absolute Gasteiger partial charge is 0.243 e. The van der Waals surface area contributed by atoms with Gasteiger partial charge in [0.15, 0.2) is 16.8 Å². The number of amides is 1. The number of benzene rings is 2. The van der Waals surface area contributed by atoms with Crippen LogP contribution in [-0.2, 0) is 21.4 Å². The Bertz CT molecular complexity index is 1260. The Labute approximate surface area is 189 Å². The highest BCUT2D eigenvalue weighted by Gasteiger charge is 2.30. The molecule has 0 saturated carbocycles. The van der Waals surface area contributed by atoms with Crippen molar-refractivity contribution >= 4 is 38.7 Å². The van der Waals surface area contributed by atoms with Crippen molar-refractivity contribution in [2.24, 2.45) is 0 Å². The van der Waals surface area contributed by atoms with Crippen LogP contribution in [0.1, 0.15) is 6.92 Å². The molecule has 1 aromatic heterocycles. The Hall–Kier alpha value is -2.50. The molecule has 0 unspecified atom stereocenters. The Morgan fingerprint density at radius 1 is 1.06 bits per heavy atom. The summed E-state index contributed by atoms with van der Waals surface area (Å²) in [5.41, 5.74) is 1.89. The summed E-state index contributed by atoms with van der Waals surface area (Å²) >= 11 is 1.36. The van der Waals surface area contributed by atoms with Crippen LogP contribution >= 0.6 is 11.8 Å². The molecule has 2 heterocycles. The van der Waals surface area contributed by atoms with Gasteiger partial charge in [0.2, 0.25) is 15.9 Å². The third kappa shape index (κ3) is 4.37. The minimum Gasteiger partial charge on any atom is -0.339 e. The van der Waals surface area contributed by atoms with E-state index in [0.29, 0.717) is 6.07 Å². The number of thioether (sulfide) groups is 1. The largest absolute Gasteiger partial charge is 0.339 e. The van der Waals surface area contributed by atoms with Crippen LogP contribution in [0.2, 0.25) is 0 Å². The predicted octanol–water partition coefficient (Wildman–Crippen LogP) is 2.96. The minimum atomic E-state index is -3.96. The Morgan fingerprint density at radius 2 is 1.78 bits per heavy atom. The number of carbonyl (C=O) groups excluding carboxylic acids is 1. The standard InChI is InChI=1S/C21H22F2N4O3S2/c1-2-27-19-6-4-3-5-18(19)24-21(27)31-14-20(28)25-9-11-26(12-10-25)32(29,30)15-7-8-16(22)17(23)13-15/h3-8,13H,2,9-12,14H2,1H3. The number of hydrogen-bond acceptors (Lipinski definition) is 5. The van der Waals surface area contributed by atoms with E-state index < -0.39 is 21.7 Å². The molecule has 0 radical (unpaired) electrons. The summed E-state index contributed by atoms with van der Waals surface area (Å²) in [5, 5.41) is 0.765. The lowest BCUT2D eigenvalue weighted by atomic mass is 10.3. The molecule has 4 rings (SSSR count). The number of para-hydroxylation sites is 2. The normalized spacial score (nSPS) is 15.4. The van der Waals surface area contributed by atoms with Gasteiger partial charge in [0.25, 0.3) is 0 Å². The average Bonchev–Trinajstić information content (AvgIpc) is 3.16. The topological polar surface area (TPSA) is 75.5 Å². The molecule has 7 nitrogen and oxygen atoms in total. The van der Waals surface area contributed by atoms with E-state index in [1.54, 1.807) is 4.90 Å². The quantitative estimate of drug-likeness (QED) is 0.507. The molecule has 0 atom stereocenters. The Morgan fingerprint density at radius 3 is 2.47 bits per heavy atom. The number of halogens is 2. The van der Waals surface area contributed by atoms with Gasteiger partial charge in [0.05, 0.1) is 21.7 Å². The number of fused-ring (bicyclic) bond motifs is 1. The number of rotatable bonds is 6. The number of piperazine rings is 1. The number of aromatic nitrogens is 2. The van der Waals surface area contributed by atoms with Gasteiger partial charge in [-0.3, -0.25) is 4.79 Å². The first-order valence-electron chi connectivity index (χ1n) is 10.1. The molecule has 2 aromatic carbocycles. The van der Waals surface area contributed by atoms with Crippen LogP contribution in [0.5, 0.6) is 0 Å². The molecule has 1 aliphatic heterocycles. The van der Waals surface area contributed by atoms with E-state index in [9.17, 15) is 22.0 Å². The van der Waals surface area contributed by atoms with E-state index >= 15 is 0 Å². The Kier molecular flexibility index (Phi) is 6.50. The van der Waals surface area contributed by atoms with Crippen LogP contribution in [0, 0.1) is 11.6 Å². The monoisotopic (exact) mass is 480 g/mol. The summed E-state index contributed by atoms with van der Waals surface area (Å²) in [5.74, 6) is -2.22. The summed E-state index contributed by atoms with van der Waals surface area (Å²) in [6, 6.07) is 10.3. The van der Waals surface area contributed by atoms with Crippen LogP contribution in [-0.4, -0.2) is 65.0 Å². The highest BCUT2D eigenvalue weighted by atomic mass is 32.2. The zero-order chi connectivity index (χ0) is 22.9. The maximum absolute atomic E-state index is 13.5. The number of sulfonamides is 1. The van der Waals surface area contributed by atoms with E-state index in [1.165, 1.54) is 16.1 Å². The van der Waals surface area contributed by atoms with E-state index in [4.69, 9.17) is 0 Å². The third-order valence-electron chi connectivity index (χ3n) is 5.38. The van der Waals surface area contributed by atoms with Crippen molar-refractivity contribution in [2.75, 3.05) is 31.9 Å². The molecular formula is C21H22F2N4O3S2. The summed E-state index contributed by atoms with van der Waals surface area (Å²) in [6.45, 7) is 3.39. The first-order valence-corrected chi connectivity index (χ1v) is 12.5. The van der Waals surface area contributed by atoms with E-state index in [1.807, 2.05) is 31.2 Å². The summed E-state index contributed by atoms with van der Waals surface area (Å²) in [7, 11) is -3.96. The molecule has 3 aromatic rings. The van der Waals surface area contributed by atoms with Crippen molar-refractivity contribution in [3.63, 3.8) is 0 Å². The maximum Gasteiger partial charge on any atom is 0.243 e. The second kappa shape index (κ2) is 9.16. The maximum atomic E-state index is 13.5. The second-order valence-corrected chi connectivity index (χ2v) is 10.2. The highest BCUT2D eigenvalue weighted by molar-refractivity contribution is 7.99. The number of carbonyl (C=O) groups is 1. The molecule has 0 aliphatic carbocycles. The van der Waals surface area contributed by atoms with Gasteiger partial charge in [-0.15, -0.1) is 0 Å². The molecule has 1 fully saturated rings. The zero-order valence-corrected chi connectivity index (χ0v) is 19.0. The second-order valence-electron chi connectivity index (χ2n) is 7.28. The lowest BCUT2D eigenvalue weighted by Gasteiger charge is -2.34. The summed E-state index contributed by atoms with van der Waals surface area (Å²) in [4.78, 5) is 18.6. The molecule has 1 saturated heterocycles. The van der Waals surface area contributed by atoms with Gasteiger partial charge >= 0.3 is 0 Å². The third-order valence-corrected chi connectivity index (χ3v) is 8.24. The predicted molar refractivity (Wildman–Crippen MR) is 118 cm³/mol. The molecule has 0 bridgehead atoms. The molecular weight excluding hydrogens is 458 g/mol. The lowest BCUT2D eigenvalue weighted by Crippen LogP contribution is -2.51. The molecule has 0 spiro atoms. The molecule has 1 aliphatic rings. The first-order chi connectivity index (χ1) is 15.3. The number of imidazole rings is 1. The molecule has 170 valence electrons. The summed E-state index contributed by atoms with van der Waals surface area (Å²) in [6.07, 6.45) is 0. The van der Waals surface area contributed by atoms with Gasteiger partial charge in [-0.2, -0.15) is 4.31 Å². The van der Waals surface area contributed by atoms with Crippen LogP contribution < -0.4 is 0 Å². The van der Waals surface area contributed by atoms with Gasteiger partial charge in [-0.25, -0.2) is 22.2 Å². The van der Waals surface area contributed by atoms with E-state index in [0.717, 1.165) is 34.9 Å². The van der Waals surface area contributed by atoms with E-state index in [-0.39, 0.29) is 42.7 Å². The minimum absolute atomic E-state index is 0.0885. The molecule has 11 heteroatoms. The fraction of sp³-hybridized carbons (Fsp3) is 0.333. The van der Waals surface area contributed by atoms with Crippen molar-refractivity contribution in [2.45, 2.75) is 23.5 Å². The van der Waals surface area contributed by atoms with Crippen LogP contribution in [0.3, 0.4) is 0 Å². The van der Waals surface area contributed by atoms with Gasteiger partial charge < -0.3 is 9.47 Å². The lowest BCUT2D eigenvalue weighted by molar-refractivity contribution is -0.129. The van der Waals surface area contributed by atoms with Gasteiger partial charge in [0, 0.05) is 32.7 Å². The fourth-order valence-corrected chi connectivity index (χ4v) is 6.07. The number of nitrogens with zero attached hydrogens (tertiary/aromatic N) is 4. The summed E-state index contributed by atoms with van der Waals surface area (Å²) < 4.78 is 55.3. The van der Waals surface area contributed by atoms with Crippen LogP contribution in [0.4, 0.5) is 8.78 Å². The molecule has 32 heavy (non-hydrogen) atoms. The van der Waals surface area contributed by atoms with Gasteiger partial charge in [-0.05, 0) is 37.3 Å². The average molecular weight is 481 g/mol. The van der Waals surface area contributed by atoms with Crippen LogP contribution in [0.15, 0.2) is 52.5 Å².